The predicted molar refractivity (Wildman–Crippen MR) is 101 cm³/mol. The number of rotatable bonds is 17. The SMILES string of the molecule is COC(=O)C(CCCOC(=O)CCCCOC(=O)CCC(=O)CCO)CC1CO1. The third kappa shape index (κ3) is 13.0. The molecule has 9 nitrogen and oxygen atoms in total. The van der Waals surface area contributed by atoms with Gasteiger partial charge in [0.2, 0.25) is 0 Å². The van der Waals surface area contributed by atoms with Gasteiger partial charge in [-0.1, -0.05) is 0 Å². The van der Waals surface area contributed by atoms with E-state index in [0.717, 1.165) is 0 Å². The quantitative estimate of drug-likeness (QED) is 0.162. The highest BCUT2D eigenvalue weighted by Crippen LogP contribution is 2.23. The minimum atomic E-state index is -0.462. The number of unbranched alkanes of at least 4 members (excludes halogenated alkanes) is 1. The Kier molecular flexibility index (Phi) is 12.9. The van der Waals surface area contributed by atoms with Gasteiger partial charge in [0.1, 0.15) is 5.78 Å². The van der Waals surface area contributed by atoms with Crippen molar-refractivity contribution < 1.29 is 43.2 Å². The lowest BCUT2D eigenvalue weighted by Crippen LogP contribution is -2.19. The molecule has 0 bridgehead atoms. The summed E-state index contributed by atoms with van der Waals surface area (Å²) in [6.45, 7) is 0.893. The molecule has 0 aromatic heterocycles. The Bertz CT molecular complexity index is 528. The predicted octanol–water partition coefficient (Wildman–Crippen LogP) is 1.33. The average Bonchev–Trinajstić information content (AvgIpc) is 3.52. The standard InChI is InChI=1S/C20H32O9/c1-26-20(25)15(13-17-14-29-17)5-4-12-28-18(23)6-2-3-11-27-19(24)8-7-16(22)9-10-21/h15,17,21H,2-14H2,1H3. The molecule has 2 unspecified atom stereocenters. The van der Waals surface area contributed by atoms with E-state index in [1.54, 1.807) is 0 Å². The minimum Gasteiger partial charge on any atom is -0.469 e. The Labute approximate surface area is 171 Å². The molecule has 9 heteroatoms. The van der Waals surface area contributed by atoms with Crippen molar-refractivity contribution >= 4 is 23.7 Å². The Hall–Kier alpha value is -2.00. The minimum absolute atomic E-state index is 0.000312. The van der Waals surface area contributed by atoms with Gasteiger partial charge < -0.3 is 24.1 Å². The van der Waals surface area contributed by atoms with E-state index in [9.17, 15) is 19.2 Å². The highest BCUT2D eigenvalue weighted by molar-refractivity contribution is 5.82. The van der Waals surface area contributed by atoms with Crippen molar-refractivity contribution in [3.05, 3.63) is 0 Å². The molecule has 1 aliphatic rings. The second-order valence-corrected chi connectivity index (χ2v) is 6.96. The number of aliphatic hydroxyl groups excluding tert-OH is 1. The second-order valence-electron chi connectivity index (χ2n) is 6.96. The number of carbonyl (C=O) groups excluding carboxylic acids is 4. The molecule has 0 amide bonds. The fraction of sp³-hybridized carbons (Fsp3) is 0.800. The Morgan fingerprint density at radius 3 is 2.24 bits per heavy atom. The van der Waals surface area contributed by atoms with Gasteiger partial charge in [-0.05, 0) is 32.1 Å². The summed E-state index contributed by atoms with van der Waals surface area (Å²) in [4.78, 5) is 46.1. The molecule has 1 aliphatic heterocycles. The summed E-state index contributed by atoms with van der Waals surface area (Å²) in [6.07, 6.45) is 3.32. The number of aliphatic hydroxyl groups is 1. The van der Waals surface area contributed by atoms with Crippen molar-refractivity contribution in [3.8, 4) is 0 Å². The molecule has 0 saturated carbocycles. The zero-order chi connectivity index (χ0) is 21.5. The summed E-state index contributed by atoms with van der Waals surface area (Å²) < 4.78 is 20.1. The Morgan fingerprint density at radius 2 is 1.62 bits per heavy atom. The summed E-state index contributed by atoms with van der Waals surface area (Å²) in [5.74, 6) is -1.47. The van der Waals surface area contributed by atoms with Gasteiger partial charge in [-0.2, -0.15) is 0 Å². The van der Waals surface area contributed by atoms with E-state index in [2.05, 4.69) is 0 Å². The molecule has 0 radical (unpaired) electrons. The fourth-order valence-corrected chi connectivity index (χ4v) is 2.73. The largest absolute Gasteiger partial charge is 0.469 e. The third-order valence-corrected chi connectivity index (χ3v) is 4.48. The van der Waals surface area contributed by atoms with Crippen LogP contribution in [0.15, 0.2) is 0 Å². The zero-order valence-electron chi connectivity index (χ0n) is 17.1. The van der Waals surface area contributed by atoms with Crippen molar-refractivity contribution in [2.75, 3.05) is 33.5 Å². The van der Waals surface area contributed by atoms with Gasteiger partial charge in [0.05, 0.1) is 45.4 Å². The van der Waals surface area contributed by atoms with Crippen LogP contribution in [0.3, 0.4) is 0 Å². The highest BCUT2D eigenvalue weighted by Gasteiger charge is 2.30. The average molecular weight is 416 g/mol. The molecule has 1 fully saturated rings. The number of hydrogen-bond donors (Lipinski definition) is 1. The number of carbonyl (C=O) groups is 4. The second kappa shape index (κ2) is 14.9. The van der Waals surface area contributed by atoms with Crippen molar-refractivity contribution in [2.45, 2.75) is 63.9 Å². The smallest absolute Gasteiger partial charge is 0.308 e. The van der Waals surface area contributed by atoms with Gasteiger partial charge in [0, 0.05) is 25.9 Å². The van der Waals surface area contributed by atoms with E-state index >= 15 is 0 Å². The molecular weight excluding hydrogens is 384 g/mol. The molecule has 1 heterocycles. The van der Waals surface area contributed by atoms with Crippen molar-refractivity contribution in [1.82, 2.24) is 0 Å². The van der Waals surface area contributed by atoms with E-state index in [4.69, 9.17) is 24.1 Å². The molecule has 1 N–H and O–H groups in total. The van der Waals surface area contributed by atoms with Crippen LogP contribution in [-0.2, 0) is 38.1 Å². The monoisotopic (exact) mass is 416 g/mol. The first-order valence-electron chi connectivity index (χ1n) is 10.1. The van der Waals surface area contributed by atoms with E-state index < -0.39 is 5.97 Å². The van der Waals surface area contributed by atoms with Crippen LogP contribution in [0.25, 0.3) is 0 Å². The lowest BCUT2D eigenvalue weighted by molar-refractivity contribution is -0.146. The van der Waals surface area contributed by atoms with Crippen LogP contribution in [0.5, 0.6) is 0 Å². The lowest BCUT2D eigenvalue weighted by atomic mass is 9.98. The first kappa shape index (κ1) is 25.0. The van der Waals surface area contributed by atoms with Crippen LogP contribution in [-0.4, -0.2) is 68.4 Å². The number of hydrogen-bond acceptors (Lipinski definition) is 9. The summed E-state index contributed by atoms with van der Waals surface area (Å²) >= 11 is 0. The maximum absolute atomic E-state index is 11.7. The van der Waals surface area contributed by atoms with Gasteiger partial charge in [-0.3, -0.25) is 19.2 Å². The van der Waals surface area contributed by atoms with Crippen molar-refractivity contribution in [2.24, 2.45) is 5.92 Å². The van der Waals surface area contributed by atoms with E-state index in [-0.39, 0.29) is 75.2 Å². The summed E-state index contributed by atoms with van der Waals surface area (Å²) in [6, 6.07) is 0. The summed E-state index contributed by atoms with van der Waals surface area (Å²) in [7, 11) is 1.36. The lowest BCUT2D eigenvalue weighted by Gasteiger charge is -2.13. The maximum Gasteiger partial charge on any atom is 0.308 e. The van der Waals surface area contributed by atoms with Crippen molar-refractivity contribution in [1.29, 1.82) is 0 Å². The molecule has 0 spiro atoms. The number of epoxide rings is 1. The van der Waals surface area contributed by atoms with Crippen LogP contribution < -0.4 is 0 Å². The molecule has 1 saturated heterocycles. The first-order chi connectivity index (χ1) is 14.0. The van der Waals surface area contributed by atoms with Gasteiger partial charge in [0.25, 0.3) is 0 Å². The van der Waals surface area contributed by atoms with E-state index in [1.807, 2.05) is 0 Å². The van der Waals surface area contributed by atoms with Crippen LogP contribution in [0.4, 0.5) is 0 Å². The summed E-state index contributed by atoms with van der Waals surface area (Å²) in [5.41, 5.74) is 0. The molecular formula is C20H32O9. The van der Waals surface area contributed by atoms with Crippen LogP contribution in [0, 0.1) is 5.92 Å². The van der Waals surface area contributed by atoms with E-state index in [1.165, 1.54) is 7.11 Å². The topological polar surface area (TPSA) is 129 Å². The fourth-order valence-electron chi connectivity index (χ4n) is 2.73. The van der Waals surface area contributed by atoms with E-state index in [0.29, 0.717) is 38.7 Å². The van der Waals surface area contributed by atoms with Crippen LogP contribution in [0.2, 0.25) is 0 Å². The molecule has 166 valence electrons. The van der Waals surface area contributed by atoms with Crippen molar-refractivity contribution in [3.63, 3.8) is 0 Å². The molecule has 1 rings (SSSR count). The highest BCUT2D eigenvalue weighted by atomic mass is 16.6. The summed E-state index contributed by atoms with van der Waals surface area (Å²) in [5, 5.41) is 8.61. The molecule has 0 aliphatic carbocycles. The zero-order valence-corrected chi connectivity index (χ0v) is 17.1. The maximum atomic E-state index is 11.7. The molecule has 29 heavy (non-hydrogen) atoms. The number of ether oxygens (including phenoxy) is 4. The van der Waals surface area contributed by atoms with Gasteiger partial charge in [-0.15, -0.1) is 0 Å². The third-order valence-electron chi connectivity index (χ3n) is 4.48. The van der Waals surface area contributed by atoms with Gasteiger partial charge >= 0.3 is 17.9 Å². The molecule has 2 atom stereocenters. The van der Waals surface area contributed by atoms with Crippen LogP contribution in [0.1, 0.15) is 57.8 Å². The van der Waals surface area contributed by atoms with Crippen LogP contribution >= 0.6 is 0 Å². The number of methoxy groups -OCH3 is 1. The normalized spacial score (nSPS) is 16.0. The molecule has 0 aromatic carbocycles. The number of esters is 3. The van der Waals surface area contributed by atoms with Gasteiger partial charge in [-0.25, -0.2) is 0 Å². The Morgan fingerprint density at radius 1 is 0.966 bits per heavy atom. The Balaban J connectivity index is 2.00. The van der Waals surface area contributed by atoms with Gasteiger partial charge in [0.15, 0.2) is 0 Å². The number of ketones is 1. The molecule has 0 aromatic rings. The first-order valence-corrected chi connectivity index (χ1v) is 10.1. The number of Topliss-reactive ketones (excluding diaryl/α,β-unsaturated/α-hetero) is 1.